The molecule has 1 N–H and O–H groups in total. The molecule has 0 fully saturated rings. The number of sulfonamides is 1. The lowest BCUT2D eigenvalue weighted by Crippen LogP contribution is -2.26. The highest BCUT2D eigenvalue weighted by Crippen LogP contribution is 2.25. The molecule has 1 amide bonds. The maximum atomic E-state index is 12.9. The molecule has 0 unspecified atom stereocenters. The monoisotopic (exact) mass is 430 g/mol. The number of amides is 1. The third-order valence-corrected chi connectivity index (χ3v) is 7.01. The fourth-order valence-electron chi connectivity index (χ4n) is 3.36. The first-order valence-corrected chi connectivity index (χ1v) is 11.2. The van der Waals surface area contributed by atoms with Crippen molar-refractivity contribution in [2.75, 3.05) is 16.7 Å². The Morgan fingerprint density at radius 1 is 0.806 bits per heavy atom. The molecule has 0 heterocycles. The van der Waals surface area contributed by atoms with E-state index in [1.807, 2.05) is 49.4 Å². The summed E-state index contributed by atoms with van der Waals surface area (Å²) in [5.74, 6) is -0.257. The van der Waals surface area contributed by atoms with Gasteiger partial charge in [0.05, 0.1) is 10.6 Å². The van der Waals surface area contributed by atoms with Crippen molar-refractivity contribution in [1.29, 1.82) is 0 Å². The zero-order valence-corrected chi connectivity index (χ0v) is 18.1. The Morgan fingerprint density at radius 2 is 1.45 bits per heavy atom. The Kier molecular flexibility index (Phi) is 5.48. The van der Waals surface area contributed by atoms with E-state index in [1.54, 1.807) is 48.5 Å². The van der Waals surface area contributed by atoms with Crippen LogP contribution in [0.1, 0.15) is 15.9 Å². The van der Waals surface area contributed by atoms with Gasteiger partial charge in [-0.2, -0.15) is 0 Å². The standard InChI is InChI=1S/C25H22N2O3S/c1-18-10-16-22(17-11-18)31(29,30)27(2)21-14-12-20(13-15-21)25(28)26-24-9-5-7-19-6-3-4-8-23(19)24/h3-17H,1-2H3,(H,26,28). The van der Waals surface area contributed by atoms with Gasteiger partial charge >= 0.3 is 0 Å². The molecule has 156 valence electrons. The molecule has 0 saturated carbocycles. The number of hydrogen-bond donors (Lipinski definition) is 1. The Bertz CT molecular complexity index is 1340. The number of carbonyl (C=O) groups is 1. The van der Waals surface area contributed by atoms with Crippen molar-refractivity contribution in [3.05, 3.63) is 102 Å². The molecular weight excluding hydrogens is 408 g/mol. The fourth-order valence-corrected chi connectivity index (χ4v) is 4.55. The van der Waals surface area contributed by atoms with Gasteiger partial charge in [0.2, 0.25) is 0 Å². The molecular formula is C25H22N2O3S. The largest absolute Gasteiger partial charge is 0.321 e. The van der Waals surface area contributed by atoms with Crippen LogP contribution in [0.2, 0.25) is 0 Å². The fraction of sp³-hybridized carbons (Fsp3) is 0.0800. The van der Waals surface area contributed by atoms with Crippen molar-refractivity contribution in [1.82, 2.24) is 0 Å². The van der Waals surface area contributed by atoms with Gasteiger partial charge in [0.15, 0.2) is 0 Å². The lowest BCUT2D eigenvalue weighted by Gasteiger charge is -2.20. The molecule has 4 rings (SSSR count). The van der Waals surface area contributed by atoms with Crippen LogP contribution in [0.4, 0.5) is 11.4 Å². The number of anilines is 2. The Morgan fingerprint density at radius 3 is 2.16 bits per heavy atom. The summed E-state index contributed by atoms with van der Waals surface area (Å²) in [6.45, 7) is 1.90. The lowest BCUT2D eigenvalue weighted by molar-refractivity contribution is 0.102. The highest BCUT2D eigenvalue weighted by atomic mass is 32.2. The van der Waals surface area contributed by atoms with Crippen LogP contribution in [0, 0.1) is 6.92 Å². The van der Waals surface area contributed by atoms with Gasteiger partial charge in [-0.15, -0.1) is 0 Å². The molecule has 4 aromatic carbocycles. The van der Waals surface area contributed by atoms with E-state index < -0.39 is 10.0 Å². The number of carbonyl (C=O) groups excluding carboxylic acids is 1. The molecule has 0 aliphatic carbocycles. The van der Waals surface area contributed by atoms with Gasteiger partial charge in [-0.05, 0) is 54.8 Å². The summed E-state index contributed by atoms with van der Waals surface area (Å²) in [4.78, 5) is 13.0. The van der Waals surface area contributed by atoms with Gasteiger partial charge in [0.25, 0.3) is 15.9 Å². The van der Waals surface area contributed by atoms with Crippen molar-refractivity contribution in [2.24, 2.45) is 0 Å². The number of rotatable bonds is 5. The van der Waals surface area contributed by atoms with Gasteiger partial charge in [0, 0.05) is 23.7 Å². The SMILES string of the molecule is Cc1ccc(S(=O)(=O)N(C)c2ccc(C(=O)Nc3cccc4ccccc34)cc2)cc1. The van der Waals surface area contributed by atoms with E-state index in [-0.39, 0.29) is 10.8 Å². The molecule has 0 bridgehead atoms. The highest BCUT2D eigenvalue weighted by Gasteiger charge is 2.21. The molecule has 0 atom stereocenters. The Hall–Kier alpha value is -3.64. The zero-order valence-electron chi connectivity index (χ0n) is 17.2. The second-order valence-corrected chi connectivity index (χ2v) is 9.28. The first-order chi connectivity index (χ1) is 14.9. The van der Waals surface area contributed by atoms with Crippen molar-refractivity contribution >= 4 is 38.1 Å². The normalized spacial score (nSPS) is 11.3. The number of aryl methyl sites for hydroxylation is 1. The number of fused-ring (bicyclic) bond motifs is 1. The van der Waals surface area contributed by atoms with Gasteiger partial charge in [-0.3, -0.25) is 9.10 Å². The third kappa shape index (κ3) is 4.15. The van der Waals surface area contributed by atoms with Crippen LogP contribution in [0.3, 0.4) is 0 Å². The molecule has 4 aromatic rings. The minimum Gasteiger partial charge on any atom is -0.321 e. The van der Waals surface area contributed by atoms with Gasteiger partial charge < -0.3 is 5.32 Å². The molecule has 5 nitrogen and oxygen atoms in total. The number of benzene rings is 4. The van der Waals surface area contributed by atoms with E-state index in [9.17, 15) is 13.2 Å². The second-order valence-electron chi connectivity index (χ2n) is 7.31. The molecule has 0 spiro atoms. The summed E-state index contributed by atoms with van der Waals surface area (Å²) in [6.07, 6.45) is 0. The first-order valence-electron chi connectivity index (χ1n) is 9.81. The highest BCUT2D eigenvalue weighted by molar-refractivity contribution is 7.92. The molecule has 0 radical (unpaired) electrons. The van der Waals surface area contributed by atoms with Crippen LogP contribution in [0.25, 0.3) is 10.8 Å². The van der Waals surface area contributed by atoms with E-state index in [0.29, 0.717) is 11.3 Å². The van der Waals surface area contributed by atoms with E-state index in [2.05, 4.69) is 5.32 Å². The molecule has 31 heavy (non-hydrogen) atoms. The topological polar surface area (TPSA) is 66.5 Å². The van der Waals surface area contributed by atoms with Gasteiger partial charge in [0.1, 0.15) is 0 Å². The summed E-state index contributed by atoms with van der Waals surface area (Å²) in [5.41, 5.74) is 2.63. The van der Waals surface area contributed by atoms with Gasteiger partial charge in [-0.1, -0.05) is 54.1 Å². The van der Waals surface area contributed by atoms with Crippen molar-refractivity contribution in [3.63, 3.8) is 0 Å². The molecule has 0 aliphatic rings. The number of nitrogens with zero attached hydrogens (tertiary/aromatic N) is 1. The van der Waals surface area contributed by atoms with Crippen LogP contribution >= 0.6 is 0 Å². The lowest BCUT2D eigenvalue weighted by atomic mass is 10.1. The second kappa shape index (κ2) is 8.24. The minimum atomic E-state index is -3.68. The smallest absolute Gasteiger partial charge is 0.264 e. The summed E-state index contributed by atoms with van der Waals surface area (Å²) in [5, 5.41) is 4.94. The predicted molar refractivity (Wildman–Crippen MR) is 125 cm³/mol. The quantitative estimate of drug-likeness (QED) is 0.472. The zero-order chi connectivity index (χ0) is 22.0. The average Bonchev–Trinajstić information content (AvgIpc) is 2.79. The number of hydrogen-bond acceptors (Lipinski definition) is 3. The first kappa shape index (κ1) is 20.6. The minimum absolute atomic E-state index is 0.221. The molecule has 0 aromatic heterocycles. The molecule has 6 heteroatoms. The van der Waals surface area contributed by atoms with Crippen LogP contribution in [0.5, 0.6) is 0 Å². The van der Waals surface area contributed by atoms with Crippen LogP contribution in [-0.4, -0.2) is 21.4 Å². The number of nitrogens with one attached hydrogen (secondary N) is 1. The summed E-state index contributed by atoms with van der Waals surface area (Å²) in [7, 11) is -2.18. The van der Waals surface area contributed by atoms with Gasteiger partial charge in [-0.25, -0.2) is 8.42 Å². The van der Waals surface area contributed by atoms with Crippen LogP contribution in [-0.2, 0) is 10.0 Å². The Balaban J connectivity index is 1.55. The van der Waals surface area contributed by atoms with E-state index in [4.69, 9.17) is 0 Å². The van der Waals surface area contributed by atoms with Crippen LogP contribution in [0.15, 0.2) is 95.9 Å². The maximum absolute atomic E-state index is 12.9. The summed E-state index contributed by atoms with van der Waals surface area (Å²) >= 11 is 0. The summed E-state index contributed by atoms with van der Waals surface area (Å²) < 4.78 is 27.0. The molecule has 0 saturated heterocycles. The third-order valence-electron chi connectivity index (χ3n) is 5.21. The van der Waals surface area contributed by atoms with Crippen molar-refractivity contribution < 1.29 is 13.2 Å². The summed E-state index contributed by atoms with van der Waals surface area (Å²) in [6, 6.07) is 26.8. The van der Waals surface area contributed by atoms with Crippen molar-refractivity contribution in [3.8, 4) is 0 Å². The maximum Gasteiger partial charge on any atom is 0.264 e. The van der Waals surface area contributed by atoms with E-state index in [1.165, 1.54) is 11.4 Å². The molecule has 0 aliphatic heterocycles. The van der Waals surface area contributed by atoms with Crippen molar-refractivity contribution in [2.45, 2.75) is 11.8 Å². The van der Waals surface area contributed by atoms with E-state index >= 15 is 0 Å². The Labute approximate surface area is 182 Å². The van der Waals surface area contributed by atoms with Crippen LogP contribution < -0.4 is 9.62 Å². The van der Waals surface area contributed by atoms with E-state index in [0.717, 1.165) is 22.0 Å². The average molecular weight is 431 g/mol. The predicted octanol–water partition coefficient (Wildman–Crippen LogP) is 5.23.